The zero-order valence-electron chi connectivity index (χ0n) is 14.2. The quantitative estimate of drug-likeness (QED) is 0.832. The Bertz CT molecular complexity index is 551. The van der Waals surface area contributed by atoms with E-state index in [9.17, 15) is 9.59 Å². The first-order valence-corrected chi connectivity index (χ1v) is 8.67. The topological polar surface area (TPSA) is 71.1 Å². The number of hydrogen-bond acceptors (Lipinski definition) is 3. The second kappa shape index (κ2) is 8.65. The van der Waals surface area contributed by atoms with Crippen LogP contribution in [-0.2, 0) is 9.59 Å². The molecule has 2 N–H and O–H groups in total. The molecule has 0 unspecified atom stereocenters. The van der Waals surface area contributed by atoms with E-state index in [2.05, 4.69) is 22.5 Å². The molecular formula is C18H27N3O2. The number of unbranched alkanes of at least 4 members (excludes halogenated alkanes) is 1. The van der Waals surface area contributed by atoms with Crippen LogP contribution in [0.5, 0.6) is 0 Å². The molecule has 23 heavy (non-hydrogen) atoms. The first-order chi connectivity index (χ1) is 11.1. The minimum atomic E-state index is -0.0160. The van der Waals surface area contributed by atoms with Gasteiger partial charge in [-0.25, -0.2) is 4.98 Å². The standard InChI is InChI=1S/C18H27N3O2/c1-3-4-10-17(22)21-16-11-13(2)15(12-19-16)20-18(23)14-8-6-5-7-9-14/h11-12,14H,3-10H2,1-2H3,(H,20,23)(H,19,21,22). The van der Waals surface area contributed by atoms with E-state index in [1.807, 2.05) is 6.92 Å². The highest BCUT2D eigenvalue weighted by Gasteiger charge is 2.21. The van der Waals surface area contributed by atoms with Crippen molar-refractivity contribution in [3.8, 4) is 0 Å². The van der Waals surface area contributed by atoms with Crippen molar-refractivity contribution in [1.29, 1.82) is 0 Å². The maximum Gasteiger partial charge on any atom is 0.227 e. The van der Waals surface area contributed by atoms with Gasteiger partial charge in [0.05, 0.1) is 11.9 Å². The lowest BCUT2D eigenvalue weighted by atomic mass is 9.88. The van der Waals surface area contributed by atoms with Crippen LogP contribution in [0.15, 0.2) is 12.3 Å². The summed E-state index contributed by atoms with van der Waals surface area (Å²) in [5, 5.41) is 5.78. The maximum absolute atomic E-state index is 12.3. The molecule has 1 fully saturated rings. The third-order valence-electron chi connectivity index (χ3n) is 4.37. The molecule has 0 aromatic carbocycles. The summed E-state index contributed by atoms with van der Waals surface area (Å²) in [6.45, 7) is 3.97. The molecule has 1 aromatic heterocycles. The number of aromatic nitrogens is 1. The van der Waals surface area contributed by atoms with Gasteiger partial charge in [0.2, 0.25) is 11.8 Å². The van der Waals surface area contributed by atoms with Gasteiger partial charge in [-0.2, -0.15) is 0 Å². The van der Waals surface area contributed by atoms with E-state index in [0.29, 0.717) is 12.2 Å². The van der Waals surface area contributed by atoms with Gasteiger partial charge in [-0.15, -0.1) is 0 Å². The summed E-state index contributed by atoms with van der Waals surface area (Å²) in [7, 11) is 0. The summed E-state index contributed by atoms with van der Waals surface area (Å²) in [5.74, 6) is 0.739. The minimum Gasteiger partial charge on any atom is -0.324 e. The molecule has 2 rings (SSSR count). The van der Waals surface area contributed by atoms with E-state index >= 15 is 0 Å². The molecule has 0 saturated heterocycles. The van der Waals surface area contributed by atoms with Gasteiger partial charge < -0.3 is 10.6 Å². The van der Waals surface area contributed by atoms with Gasteiger partial charge in [-0.3, -0.25) is 9.59 Å². The van der Waals surface area contributed by atoms with E-state index < -0.39 is 0 Å². The monoisotopic (exact) mass is 317 g/mol. The van der Waals surface area contributed by atoms with Gasteiger partial charge in [0.15, 0.2) is 0 Å². The number of nitrogens with one attached hydrogen (secondary N) is 2. The Labute approximate surface area is 138 Å². The molecule has 1 aliphatic rings. The van der Waals surface area contributed by atoms with Gasteiger partial charge in [-0.05, 0) is 37.8 Å². The predicted octanol–water partition coefficient (Wildman–Crippen LogP) is 4.04. The van der Waals surface area contributed by atoms with Gasteiger partial charge in [0, 0.05) is 12.3 Å². The van der Waals surface area contributed by atoms with Crippen LogP contribution < -0.4 is 10.6 Å². The van der Waals surface area contributed by atoms with Crippen molar-refractivity contribution in [3.05, 3.63) is 17.8 Å². The summed E-state index contributed by atoms with van der Waals surface area (Å²) >= 11 is 0. The van der Waals surface area contributed by atoms with E-state index in [4.69, 9.17) is 0 Å². The molecule has 0 radical (unpaired) electrons. The number of carbonyl (C=O) groups is 2. The molecule has 5 nitrogen and oxygen atoms in total. The van der Waals surface area contributed by atoms with Crippen molar-refractivity contribution in [3.63, 3.8) is 0 Å². The summed E-state index contributed by atoms with van der Waals surface area (Å²) < 4.78 is 0. The normalized spacial score (nSPS) is 15.2. The first kappa shape index (κ1) is 17.4. The summed E-state index contributed by atoms with van der Waals surface area (Å²) in [5.41, 5.74) is 1.64. The van der Waals surface area contributed by atoms with Crippen LogP contribution in [0.25, 0.3) is 0 Å². The fourth-order valence-electron chi connectivity index (χ4n) is 2.90. The number of hydrogen-bond donors (Lipinski definition) is 2. The summed E-state index contributed by atoms with van der Waals surface area (Å²) in [6.07, 6.45) is 9.47. The SMILES string of the molecule is CCCCC(=O)Nc1cc(C)c(NC(=O)C2CCCCC2)cn1. The van der Waals surface area contributed by atoms with E-state index in [-0.39, 0.29) is 17.7 Å². The largest absolute Gasteiger partial charge is 0.324 e. The van der Waals surface area contributed by atoms with Crippen LogP contribution in [0.4, 0.5) is 11.5 Å². The average molecular weight is 317 g/mol. The number of carbonyl (C=O) groups excluding carboxylic acids is 2. The Balaban J connectivity index is 1.93. The lowest BCUT2D eigenvalue weighted by molar-refractivity contribution is -0.120. The van der Waals surface area contributed by atoms with Crippen molar-refractivity contribution >= 4 is 23.3 Å². The molecule has 1 aliphatic carbocycles. The van der Waals surface area contributed by atoms with Crippen LogP contribution in [0.2, 0.25) is 0 Å². The lowest BCUT2D eigenvalue weighted by Gasteiger charge is -2.21. The molecule has 0 spiro atoms. The summed E-state index contributed by atoms with van der Waals surface area (Å²) in [6, 6.07) is 1.81. The van der Waals surface area contributed by atoms with Crippen LogP contribution in [-0.4, -0.2) is 16.8 Å². The zero-order chi connectivity index (χ0) is 16.7. The van der Waals surface area contributed by atoms with Crippen LogP contribution in [0, 0.1) is 12.8 Å². The molecule has 0 atom stereocenters. The Morgan fingerprint density at radius 2 is 1.96 bits per heavy atom. The predicted molar refractivity (Wildman–Crippen MR) is 92.3 cm³/mol. The number of rotatable bonds is 6. The van der Waals surface area contributed by atoms with Gasteiger partial charge in [0.1, 0.15) is 5.82 Å². The second-order valence-corrected chi connectivity index (χ2v) is 6.36. The third-order valence-corrected chi connectivity index (χ3v) is 4.37. The van der Waals surface area contributed by atoms with E-state index in [1.165, 1.54) is 6.42 Å². The highest BCUT2D eigenvalue weighted by atomic mass is 16.2. The fourth-order valence-corrected chi connectivity index (χ4v) is 2.90. The first-order valence-electron chi connectivity index (χ1n) is 8.67. The summed E-state index contributed by atoms with van der Waals surface area (Å²) in [4.78, 5) is 28.3. The van der Waals surface area contributed by atoms with Gasteiger partial charge >= 0.3 is 0 Å². The lowest BCUT2D eigenvalue weighted by Crippen LogP contribution is -2.25. The Morgan fingerprint density at radius 3 is 2.61 bits per heavy atom. The fraction of sp³-hybridized carbons (Fsp3) is 0.611. The molecule has 1 saturated carbocycles. The molecule has 1 heterocycles. The smallest absolute Gasteiger partial charge is 0.227 e. The molecule has 5 heteroatoms. The number of anilines is 2. The zero-order valence-corrected chi connectivity index (χ0v) is 14.2. The Morgan fingerprint density at radius 1 is 1.22 bits per heavy atom. The highest BCUT2D eigenvalue weighted by Crippen LogP contribution is 2.26. The van der Waals surface area contributed by atoms with Crippen LogP contribution >= 0.6 is 0 Å². The molecule has 0 bridgehead atoms. The Hall–Kier alpha value is -1.91. The van der Waals surface area contributed by atoms with Crippen molar-refractivity contribution < 1.29 is 9.59 Å². The van der Waals surface area contributed by atoms with Crippen molar-refractivity contribution in [2.75, 3.05) is 10.6 Å². The van der Waals surface area contributed by atoms with Crippen LogP contribution in [0.1, 0.15) is 63.9 Å². The van der Waals surface area contributed by atoms with Crippen LogP contribution in [0.3, 0.4) is 0 Å². The number of pyridine rings is 1. The van der Waals surface area contributed by atoms with E-state index in [1.54, 1.807) is 12.3 Å². The molecule has 126 valence electrons. The van der Waals surface area contributed by atoms with Gasteiger partial charge in [-0.1, -0.05) is 32.6 Å². The van der Waals surface area contributed by atoms with Crippen molar-refractivity contribution in [2.24, 2.45) is 5.92 Å². The van der Waals surface area contributed by atoms with Crippen molar-refractivity contribution in [2.45, 2.75) is 65.2 Å². The van der Waals surface area contributed by atoms with E-state index in [0.717, 1.165) is 49.8 Å². The molecule has 2 amide bonds. The van der Waals surface area contributed by atoms with Crippen molar-refractivity contribution in [1.82, 2.24) is 4.98 Å². The molecule has 1 aromatic rings. The number of aryl methyl sites for hydroxylation is 1. The Kier molecular flexibility index (Phi) is 6.56. The van der Waals surface area contributed by atoms with Gasteiger partial charge in [0.25, 0.3) is 0 Å². The highest BCUT2D eigenvalue weighted by molar-refractivity contribution is 5.94. The maximum atomic E-state index is 12.3. The number of amides is 2. The number of nitrogens with zero attached hydrogens (tertiary/aromatic N) is 1. The molecule has 0 aliphatic heterocycles. The molecular weight excluding hydrogens is 290 g/mol. The average Bonchev–Trinajstić information content (AvgIpc) is 2.56. The second-order valence-electron chi connectivity index (χ2n) is 6.36. The minimum absolute atomic E-state index is 0.0160. The third kappa shape index (κ3) is 5.34.